The van der Waals surface area contributed by atoms with Crippen LogP contribution in [0.15, 0.2) is 23.9 Å². The third kappa shape index (κ3) is 6.90. The molecule has 0 spiro atoms. The van der Waals surface area contributed by atoms with Gasteiger partial charge < -0.3 is 19.7 Å². The molecule has 2 rings (SSSR count). The third-order valence-electron chi connectivity index (χ3n) is 4.44. The van der Waals surface area contributed by atoms with Crippen LogP contribution in [0.4, 0.5) is 4.79 Å². The van der Waals surface area contributed by atoms with Crippen LogP contribution in [-0.2, 0) is 14.3 Å². The fourth-order valence-corrected chi connectivity index (χ4v) is 2.93. The number of alkyl carbamates (subject to hydrolysis) is 1. The van der Waals surface area contributed by atoms with Gasteiger partial charge in [-0.15, -0.1) is 0 Å². The monoisotopic (exact) mass is 350 g/mol. The number of carbonyl (C=O) groups is 2. The zero-order chi connectivity index (χ0) is 17.9. The average Bonchev–Trinajstić information content (AvgIpc) is 2.63. The Morgan fingerprint density at radius 2 is 1.96 bits per heavy atom. The number of ketones is 1. The average molecular weight is 350 g/mol. The molecular weight excluding hydrogens is 320 g/mol. The first-order valence-electron chi connectivity index (χ1n) is 9.40. The lowest BCUT2D eigenvalue weighted by Gasteiger charge is -2.31. The summed E-state index contributed by atoms with van der Waals surface area (Å²) in [5.41, 5.74) is 0.881. The largest absolute Gasteiger partial charge is 0.450 e. The van der Waals surface area contributed by atoms with Crippen molar-refractivity contribution in [3.8, 4) is 0 Å². The maximum atomic E-state index is 12.2. The van der Waals surface area contributed by atoms with Crippen molar-refractivity contribution in [2.45, 2.75) is 51.5 Å². The van der Waals surface area contributed by atoms with E-state index in [4.69, 9.17) is 9.47 Å². The van der Waals surface area contributed by atoms with Gasteiger partial charge in [-0.25, -0.2) is 4.79 Å². The summed E-state index contributed by atoms with van der Waals surface area (Å²) in [6, 6.07) is -0.637. The summed E-state index contributed by atoms with van der Waals surface area (Å²) >= 11 is 0. The van der Waals surface area contributed by atoms with E-state index < -0.39 is 12.1 Å². The van der Waals surface area contributed by atoms with Gasteiger partial charge in [-0.05, 0) is 12.5 Å². The van der Waals surface area contributed by atoms with Crippen LogP contribution in [0.1, 0.15) is 45.4 Å². The van der Waals surface area contributed by atoms with Crippen LogP contribution >= 0.6 is 0 Å². The normalized spacial score (nSPS) is 20.4. The van der Waals surface area contributed by atoms with Gasteiger partial charge in [0.15, 0.2) is 5.78 Å². The van der Waals surface area contributed by atoms with E-state index in [2.05, 4.69) is 17.1 Å². The minimum Gasteiger partial charge on any atom is -0.450 e. The Hall–Kier alpha value is -1.82. The Morgan fingerprint density at radius 3 is 2.68 bits per heavy atom. The van der Waals surface area contributed by atoms with Crippen LogP contribution in [0.25, 0.3) is 0 Å². The fourth-order valence-electron chi connectivity index (χ4n) is 2.93. The first-order chi connectivity index (χ1) is 12.2. The minimum atomic E-state index is -0.637. The van der Waals surface area contributed by atoms with Gasteiger partial charge in [0.1, 0.15) is 6.04 Å². The number of amides is 1. The smallest absolute Gasteiger partial charge is 0.407 e. The molecule has 0 aromatic rings. The van der Waals surface area contributed by atoms with E-state index in [9.17, 15) is 9.59 Å². The molecule has 1 unspecified atom stereocenters. The predicted octanol–water partition coefficient (Wildman–Crippen LogP) is 2.80. The van der Waals surface area contributed by atoms with Crippen LogP contribution in [0, 0.1) is 0 Å². The van der Waals surface area contributed by atoms with Crippen molar-refractivity contribution < 1.29 is 19.1 Å². The number of ether oxygens (including phenoxy) is 2. The molecule has 25 heavy (non-hydrogen) atoms. The lowest BCUT2D eigenvalue weighted by atomic mass is 10.0. The number of carbonyl (C=O) groups excluding carboxylic acids is 2. The molecule has 0 aromatic heterocycles. The lowest BCUT2D eigenvalue weighted by Crippen LogP contribution is -2.42. The highest BCUT2D eigenvalue weighted by atomic mass is 16.5. The van der Waals surface area contributed by atoms with E-state index in [1.807, 2.05) is 6.08 Å². The summed E-state index contributed by atoms with van der Waals surface area (Å²) in [5.74, 6) is -0.125. The van der Waals surface area contributed by atoms with E-state index in [0.717, 1.165) is 31.6 Å². The van der Waals surface area contributed by atoms with Crippen molar-refractivity contribution in [3.05, 3.63) is 23.9 Å². The van der Waals surface area contributed by atoms with Crippen molar-refractivity contribution in [2.75, 3.05) is 32.9 Å². The maximum absolute atomic E-state index is 12.2. The van der Waals surface area contributed by atoms with Crippen LogP contribution in [0.2, 0.25) is 0 Å². The molecule has 0 bridgehead atoms. The molecule has 1 fully saturated rings. The maximum Gasteiger partial charge on any atom is 0.407 e. The van der Waals surface area contributed by atoms with Gasteiger partial charge in [0.05, 0.1) is 19.8 Å². The topological polar surface area (TPSA) is 67.9 Å². The molecule has 0 saturated carbocycles. The second kappa shape index (κ2) is 10.9. The fraction of sp³-hybridized carbons (Fsp3) is 0.684. The number of hydrogen-bond donors (Lipinski definition) is 1. The summed E-state index contributed by atoms with van der Waals surface area (Å²) in [7, 11) is 0. The summed E-state index contributed by atoms with van der Waals surface area (Å²) in [5, 5.41) is 2.62. The van der Waals surface area contributed by atoms with E-state index in [1.54, 1.807) is 12.2 Å². The van der Waals surface area contributed by atoms with Crippen molar-refractivity contribution in [3.63, 3.8) is 0 Å². The molecule has 0 radical (unpaired) electrons. The summed E-state index contributed by atoms with van der Waals surface area (Å²) in [6.07, 6.45) is 11.5. The Morgan fingerprint density at radius 1 is 1.24 bits per heavy atom. The highest BCUT2D eigenvalue weighted by Gasteiger charge is 2.23. The van der Waals surface area contributed by atoms with Gasteiger partial charge in [0, 0.05) is 24.9 Å². The van der Waals surface area contributed by atoms with E-state index in [1.165, 1.54) is 25.7 Å². The Bertz CT molecular complexity index is 496. The number of hydrogen-bond acceptors (Lipinski definition) is 5. The number of allylic oxidation sites excluding steroid dienone is 1. The molecular formula is C19H30N2O4. The molecule has 1 aliphatic heterocycles. The van der Waals surface area contributed by atoms with E-state index >= 15 is 0 Å². The molecule has 0 aromatic carbocycles. The van der Waals surface area contributed by atoms with Crippen molar-refractivity contribution in [1.82, 2.24) is 10.2 Å². The summed E-state index contributed by atoms with van der Waals surface area (Å²) < 4.78 is 10.5. The van der Waals surface area contributed by atoms with Crippen LogP contribution in [0.3, 0.4) is 0 Å². The van der Waals surface area contributed by atoms with Gasteiger partial charge in [-0.1, -0.05) is 45.1 Å². The molecule has 140 valence electrons. The molecule has 1 aliphatic carbocycles. The predicted molar refractivity (Wildman–Crippen MR) is 96.3 cm³/mol. The third-order valence-corrected chi connectivity index (χ3v) is 4.44. The molecule has 6 heteroatoms. The van der Waals surface area contributed by atoms with Crippen molar-refractivity contribution in [1.29, 1.82) is 0 Å². The summed E-state index contributed by atoms with van der Waals surface area (Å²) in [6.45, 7) is 5.49. The van der Waals surface area contributed by atoms with Crippen molar-refractivity contribution >= 4 is 11.9 Å². The van der Waals surface area contributed by atoms with Gasteiger partial charge in [0.25, 0.3) is 0 Å². The Kier molecular flexibility index (Phi) is 8.52. The van der Waals surface area contributed by atoms with Gasteiger partial charge in [0.2, 0.25) is 0 Å². The molecule has 1 atom stereocenters. The van der Waals surface area contributed by atoms with Gasteiger partial charge in [-0.2, -0.15) is 0 Å². The van der Waals surface area contributed by atoms with Crippen LogP contribution < -0.4 is 5.32 Å². The number of nitrogens with zero attached hydrogens (tertiary/aromatic N) is 1. The van der Waals surface area contributed by atoms with Crippen molar-refractivity contribution in [2.24, 2.45) is 0 Å². The highest BCUT2D eigenvalue weighted by molar-refractivity contribution is 5.99. The van der Waals surface area contributed by atoms with Crippen LogP contribution in [0.5, 0.6) is 0 Å². The zero-order valence-electron chi connectivity index (χ0n) is 15.2. The second-order valence-corrected chi connectivity index (χ2v) is 6.46. The number of morpholine rings is 1. The molecule has 2 aliphatic rings. The lowest BCUT2D eigenvalue weighted by molar-refractivity contribution is -0.115. The quantitative estimate of drug-likeness (QED) is 0.648. The highest BCUT2D eigenvalue weighted by Crippen LogP contribution is 2.14. The first-order valence-corrected chi connectivity index (χ1v) is 9.40. The number of nitrogens with one attached hydrogen (secondary N) is 1. The number of unbranched alkanes of at least 4 members (excludes halogenated alkanes) is 5. The molecule has 1 N–H and O–H groups in total. The summed E-state index contributed by atoms with van der Waals surface area (Å²) in [4.78, 5) is 26.1. The molecule has 1 saturated heterocycles. The van der Waals surface area contributed by atoms with Gasteiger partial charge in [-0.3, -0.25) is 4.79 Å². The van der Waals surface area contributed by atoms with Crippen LogP contribution in [-0.4, -0.2) is 55.7 Å². The Labute approximate surface area is 150 Å². The molecule has 6 nitrogen and oxygen atoms in total. The standard InChI is InChI=1S/C19H30N2O4/c1-2-3-4-5-6-7-12-25-19(23)20-17-9-8-16(15-18(17)22)21-10-13-24-14-11-21/h8-9,15,17H,2-7,10-14H2,1H3,(H,20,23). The van der Waals surface area contributed by atoms with Gasteiger partial charge >= 0.3 is 6.09 Å². The minimum absolute atomic E-state index is 0.125. The SMILES string of the molecule is CCCCCCCCOC(=O)NC1C=CC(N2CCOCC2)=CC1=O. The Balaban J connectivity index is 1.64. The molecule has 1 amide bonds. The second-order valence-electron chi connectivity index (χ2n) is 6.46. The molecule has 1 heterocycles. The number of rotatable bonds is 9. The zero-order valence-corrected chi connectivity index (χ0v) is 15.2. The van der Waals surface area contributed by atoms with E-state index in [0.29, 0.717) is 19.8 Å². The van der Waals surface area contributed by atoms with E-state index in [-0.39, 0.29) is 5.78 Å². The first kappa shape index (κ1) is 19.5.